The highest BCUT2D eigenvalue weighted by atomic mass is 16.5. The molecule has 4 aromatic rings. The summed E-state index contributed by atoms with van der Waals surface area (Å²) in [5, 5.41) is 25.4. The van der Waals surface area contributed by atoms with Crippen molar-refractivity contribution < 1.29 is 71.9 Å². The second-order valence-electron chi connectivity index (χ2n) is 19.2. The summed E-state index contributed by atoms with van der Waals surface area (Å²) in [5.74, 6) is -7.08. The van der Waals surface area contributed by atoms with Crippen LogP contribution in [0.15, 0.2) is 72.8 Å². The number of primary amides is 1. The Kier molecular flexibility index (Phi) is 28.3. The zero-order valence-corrected chi connectivity index (χ0v) is 47.4. The smallest absolute Gasteiger partial charge is 0.341 e. The van der Waals surface area contributed by atoms with E-state index in [9.17, 15) is 43.2 Å². The lowest BCUT2D eigenvalue weighted by molar-refractivity contribution is -0.139. The number of nitrogens with one attached hydrogen (secondary N) is 6. The van der Waals surface area contributed by atoms with Crippen molar-refractivity contribution in [1.82, 2.24) is 16.0 Å². The number of carboxylic acid groups (broad SMARTS) is 1. The van der Waals surface area contributed by atoms with E-state index in [2.05, 4.69) is 31.9 Å². The first kappa shape index (κ1) is 67.6. The summed E-state index contributed by atoms with van der Waals surface area (Å²) in [6, 6.07) is 12.0. The quantitative estimate of drug-likeness (QED) is 0.0175. The average Bonchev–Trinajstić information content (AvgIpc) is 3.66. The van der Waals surface area contributed by atoms with E-state index in [0.717, 1.165) is 0 Å². The Labute approximate surface area is 486 Å². The monoisotopic (exact) mass is 1170 g/mol. The van der Waals surface area contributed by atoms with Crippen molar-refractivity contribution in [3.63, 3.8) is 0 Å². The molecule has 0 aliphatic heterocycles. The van der Waals surface area contributed by atoms with Crippen LogP contribution >= 0.6 is 0 Å². The third-order valence-corrected chi connectivity index (χ3v) is 12.9. The highest BCUT2D eigenvalue weighted by molar-refractivity contribution is 6.07. The number of esters is 1. The molecule has 27 heteroatoms. The number of carboxylic acids is 1. The molecular formula is C57H78N12O15. The topological polar surface area (TPSA) is 448 Å². The molecule has 27 nitrogen and oxygen atoms in total. The van der Waals surface area contributed by atoms with Gasteiger partial charge in [0.25, 0.3) is 23.6 Å². The van der Waals surface area contributed by atoms with Crippen LogP contribution in [-0.4, -0.2) is 137 Å². The summed E-state index contributed by atoms with van der Waals surface area (Å²) in [6.07, 6.45) is 4.80. The van der Waals surface area contributed by atoms with Crippen LogP contribution in [0.1, 0.15) is 118 Å². The highest BCUT2D eigenvalue weighted by Gasteiger charge is 2.29. The number of carbonyl (C=O) groups excluding carboxylic acids is 8. The standard InChI is InChI=1S/C57H78N12O15/c1-80-45-20-16-34(29-38(45)51(73)67-42(13-5-9-25-59)54(76)64-33-18-22-48(83-32-49(70)71)37(28-33)50(63)72)65-55(77)43(14-6-10-26-60)68-52(74)39-30-35(17-21-46(39)81-2)66-56(78)44(15-7-11-27-61)69-53(75)40-31-36(19-23-47(40)82-3)84-57(79)41(62)12-4-8-24-58/h16-23,28-31,41-44H,4-15,24-27,32,58-62H2,1-3H3,(H2,63,72)(H,64,76)(H,65,77)(H,66,78)(H,67,73)(H,68,74)(H,69,75)(H,70,71)/t41-,42-,43-,44-/m0/s1. The molecule has 0 radical (unpaired) electrons. The molecule has 0 spiro atoms. The van der Waals surface area contributed by atoms with Gasteiger partial charge in [0.2, 0.25) is 17.7 Å². The number of unbranched alkanes of at least 4 members (excludes halogenated alkanes) is 4. The molecule has 0 heterocycles. The number of hydrogen-bond acceptors (Lipinski definition) is 19. The minimum absolute atomic E-state index is 0.0207. The Morgan fingerprint density at radius 2 is 0.810 bits per heavy atom. The van der Waals surface area contributed by atoms with Crippen LogP contribution in [0.3, 0.4) is 0 Å². The number of methoxy groups -OCH3 is 3. The Morgan fingerprint density at radius 3 is 1.17 bits per heavy atom. The molecule has 0 aliphatic carbocycles. The van der Waals surface area contributed by atoms with E-state index in [1.54, 1.807) is 0 Å². The van der Waals surface area contributed by atoms with Gasteiger partial charge in [-0.2, -0.15) is 0 Å². The lowest BCUT2D eigenvalue weighted by atomic mass is 10.1. The maximum Gasteiger partial charge on any atom is 0.341 e. The Bertz CT molecular complexity index is 2930. The molecule has 84 heavy (non-hydrogen) atoms. The van der Waals surface area contributed by atoms with E-state index >= 15 is 0 Å². The van der Waals surface area contributed by atoms with Gasteiger partial charge >= 0.3 is 11.9 Å². The number of amides is 7. The molecule has 4 rings (SSSR count). The van der Waals surface area contributed by atoms with E-state index < -0.39 is 84.1 Å². The van der Waals surface area contributed by atoms with Crippen molar-refractivity contribution in [2.45, 2.75) is 101 Å². The normalized spacial score (nSPS) is 12.2. The number of nitrogens with two attached hydrogens (primary N) is 6. The molecule has 0 saturated heterocycles. The Balaban J connectivity index is 1.55. The van der Waals surface area contributed by atoms with Gasteiger partial charge in [0.15, 0.2) is 6.61 Å². The first-order valence-corrected chi connectivity index (χ1v) is 27.3. The van der Waals surface area contributed by atoms with Gasteiger partial charge in [-0.25, -0.2) is 9.59 Å². The third kappa shape index (κ3) is 21.1. The van der Waals surface area contributed by atoms with Crippen LogP contribution in [0.4, 0.5) is 17.1 Å². The SMILES string of the molecule is COc1ccc(NC(=O)[C@H](CCCCN)NC(=O)c2cc(NC(=O)[C@H](CCCCN)NC(=O)c3cc(OC(=O)[C@@H](N)CCCCN)ccc3OC)ccc2OC)cc1C(=O)N[C@@H](CCCCN)C(=O)Nc1ccc(OCC(=O)O)c(C(N)=O)c1. The summed E-state index contributed by atoms with van der Waals surface area (Å²) in [6.45, 7) is 0.600. The molecule has 19 N–H and O–H groups in total. The van der Waals surface area contributed by atoms with Gasteiger partial charge < -0.3 is 95.1 Å². The predicted octanol–water partition coefficient (Wildman–Crippen LogP) is 2.23. The number of anilines is 3. The zero-order valence-electron chi connectivity index (χ0n) is 47.4. The predicted molar refractivity (Wildman–Crippen MR) is 312 cm³/mol. The lowest BCUT2D eigenvalue weighted by Crippen LogP contribution is -2.44. The van der Waals surface area contributed by atoms with Crippen molar-refractivity contribution in [1.29, 1.82) is 0 Å². The van der Waals surface area contributed by atoms with Crippen LogP contribution in [0.5, 0.6) is 28.7 Å². The molecule has 0 unspecified atom stereocenters. The molecule has 7 amide bonds. The van der Waals surface area contributed by atoms with E-state index in [0.29, 0.717) is 84.0 Å². The van der Waals surface area contributed by atoms with Gasteiger partial charge in [-0.05, 0) is 170 Å². The summed E-state index contributed by atoms with van der Waals surface area (Å²) >= 11 is 0. The molecule has 0 aromatic heterocycles. The molecule has 4 aromatic carbocycles. The summed E-state index contributed by atoms with van der Waals surface area (Å²) in [7, 11) is 4.00. The molecular weight excluding hydrogens is 1090 g/mol. The third-order valence-electron chi connectivity index (χ3n) is 12.9. The first-order chi connectivity index (χ1) is 40.3. The molecule has 0 saturated carbocycles. The van der Waals surface area contributed by atoms with Gasteiger partial charge in [0.1, 0.15) is 52.9 Å². The number of rotatable bonds is 37. The van der Waals surface area contributed by atoms with Gasteiger partial charge in [0, 0.05) is 17.1 Å². The largest absolute Gasteiger partial charge is 0.496 e. The minimum Gasteiger partial charge on any atom is -0.496 e. The van der Waals surface area contributed by atoms with Gasteiger partial charge in [-0.3, -0.25) is 33.6 Å². The first-order valence-electron chi connectivity index (χ1n) is 27.3. The summed E-state index contributed by atoms with van der Waals surface area (Å²) in [5.41, 5.74) is 34.3. The zero-order chi connectivity index (χ0) is 61.7. The molecule has 456 valence electrons. The van der Waals surface area contributed by atoms with Crippen molar-refractivity contribution in [2.75, 3.05) is 70.1 Å². The van der Waals surface area contributed by atoms with Crippen molar-refractivity contribution in [3.05, 3.63) is 95.1 Å². The van der Waals surface area contributed by atoms with E-state index in [1.807, 2.05) is 0 Å². The van der Waals surface area contributed by atoms with E-state index in [1.165, 1.54) is 94.1 Å². The maximum absolute atomic E-state index is 14.2. The van der Waals surface area contributed by atoms with Crippen LogP contribution in [0.2, 0.25) is 0 Å². The van der Waals surface area contributed by atoms with Crippen molar-refractivity contribution >= 4 is 70.4 Å². The fourth-order valence-corrected chi connectivity index (χ4v) is 8.42. The molecule has 0 bridgehead atoms. The fraction of sp³-hybridized carbons (Fsp3) is 0.421. The van der Waals surface area contributed by atoms with Crippen LogP contribution in [0.25, 0.3) is 0 Å². The van der Waals surface area contributed by atoms with E-state index in [4.69, 9.17) is 63.2 Å². The second kappa shape index (κ2) is 35.2. The highest BCUT2D eigenvalue weighted by Crippen LogP contribution is 2.29. The van der Waals surface area contributed by atoms with Crippen LogP contribution < -0.4 is 90.0 Å². The number of hydrogen-bond donors (Lipinski definition) is 13. The van der Waals surface area contributed by atoms with Gasteiger partial charge in [-0.1, -0.05) is 6.42 Å². The lowest BCUT2D eigenvalue weighted by Gasteiger charge is -2.22. The summed E-state index contributed by atoms with van der Waals surface area (Å²) in [4.78, 5) is 120. The van der Waals surface area contributed by atoms with Crippen LogP contribution in [-0.2, 0) is 24.0 Å². The number of ether oxygens (including phenoxy) is 5. The second-order valence-corrected chi connectivity index (χ2v) is 19.2. The van der Waals surface area contributed by atoms with Gasteiger partial charge in [0.05, 0.1) is 43.6 Å². The fourth-order valence-electron chi connectivity index (χ4n) is 8.42. The number of benzene rings is 4. The molecule has 4 atom stereocenters. The Morgan fingerprint density at radius 1 is 0.464 bits per heavy atom. The van der Waals surface area contributed by atoms with Crippen molar-refractivity contribution in [3.8, 4) is 28.7 Å². The van der Waals surface area contributed by atoms with Gasteiger partial charge in [-0.15, -0.1) is 0 Å². The Hall–Kier alpha value is -8.89. The number of aliphatic carboxylic acids is 1. The molecule has 0 aliphatic rings. The summed E-state index contributed by atoms with van der Waals surface area (Å²) < 4.78 is 27.1. The number of carbonyl (C=O) groups is 9. The van der Waals surface area contributed by atoms with E-state index in [-0.39, 0.29) is 87.3 Å². The maximum atomic E-state index is 14.2. The average molecular weight is 1170 g/mol. The van der Waals surface area contributed by atoms with Crippen molar-refractivity contribution in [2.24, 2.45) is 34.4 Å². The van der Waals surface area contributed by atoms with Crippen LogP contribution in [0, 0.1) is 0 Å². The minimum atomic E-state index is -1.29. The molecule has 0 fully saturated rings.